The molecule has 0 radical (unpaired) electrons. The molecule has 0 aliphatic heterocycles. The maximum atomic E-state index is 12.6. The lowest BCUT2D eigenvalue weighted by molar-refractivity contribution is 0.0395. The SMILES string of the molecule is CCCCCCCCCCCCCCCCCCCOC(=O)c1ccccc1C(=O)OC(CCC)S(=O)(=O)O. The topological polar surface area (TPSA) is 107 Å². The number of unbranched alkanes of at least 4 members (excludes halogenated alkanes) is 16. The van der Waals surface area contributed by atoms with E-state index >= 15 is 0 Å². The lowest BCUT2D eigenvalue weighted by Crippen LogP contribution is -2.27. The molecular weight excluding hydrogens is 516 g/mol. The Morgan fingerprint density at radius 2 is 1.08 bits per heavy atom. The third-order valence-electron chi connectivity index (χ3n) is 6.94. The predicted octanol–water partition coefficient (Wildman–Crippen LogP) is 8.67. The molecule has 0 aliphatic carbocycles. The minimum absolute atomic E-state index is 0.0139. The third-order valence-corrected chi connectivity index (χ3v) is 7.94. The number of rotatable bonds is 24. The Balaban J connectivity index is 2.16. The van der Waals surface area contributed by atoms with Gasteiger partial charge in [0.05, 0.1) is 17.7 Å². The molecule has 1 aromatic carbocycles. The van der Waals surface area contributed by atoms with Crippen molar-refractivity contribution in [2.24, 2.45) is 0 Å². The van der Waals surface area contributed by atoms with Crippen molar-refractivity contribution in [1.82, 2.24) is 0 Å². The van der Waals surface area contributed by atoms with Crippen LogP contribution in [0, 0.1) is 0 Å². The molecule has 0 bridgehead atoms. The van der Waals surface area contributed by atoms with Crippen molar-refractivity contribution in [3.63, 3.8) is 0 Å². The zero-order valence-electron chi connectivity index (χ0n) is 24.3. The van der Waals surface area contributed by atoms with Crippen LogP contribution in [0.5, 0.6) is 0 Å². The first-order chi connectivity index (χ1) is 18.8. The average Bonchev–Trinajstić information content (AvgIpc) is 2.91. The summed E-state index contributed by atoms with van der Waals surface area (Å²) in [5.41, 5.74) is -1.75. The Morgan fingerprint density at radius 1 is 0.667 bits per heavy atom. The van der Waals surface area contributed by atoms with Crippen LogP contribution < -0.4 is 0 Å². The molecule has 0 aliphatic rings. The fourth-order valence-corrected chi connectivity index (χ4v) is 5.34. The predicted molar refractivity (Wildman–Crippen MR) is 157 cm³/mol. The van der Waals surface area contributed by atoms with Gasteiger partial charge in [0.2, 0.25) is 5.44 Å². The highest BCUT2D eigenvalue weighted by molar-refractivity contribution is 7.86. The molecule has 1 aromatic rings. The van der Waals surface area contributed by atoms with Crippen LogP contribution in [0.25, 0.3) is 0 Å². The van der Waals surface area contributed by atoms with Gasteiger partial charge in [-0.1, -0.05) is 135 Å². The van der Waals surface area contributed by atoms with E-state index in [4.69, 9.17) is 9.47 Å². The summed E-state index contributed by atoms with van der Waals surface area (Å²) >= 11 is 0. The van der Waals surface area contributed by atoms with E-state index in [9.17, 15) is 22.6 Å². The van der Waals surface area contributed by atoms with Crippen LogP contribution in [0.1, 0.15) is 157 Å². The second kappa shape index (κ2) is 21.8. The van der Waals surface area contributed by atoms with Gasteiger partial charge < -0.3 is 9.47 Å². The summed E-state index contributed by atoms with van der Waals surface area (Å²) in [6.07, 6.45) is 22.0. The van der Waals surface area contributed by atoms with Crippen LogP contribution in [0.2, 0.25) is 0 Å². The van der Waals surface area contributed by atoms with E-state index < -0.39 is 27.5 Å². The number of hydrogen-bond acceptors (Lipinski definition) is 6. The van der Waals surface area contributed by atoms with Gasteiger partial charge in [-0.2, -0.15) is 8.42 Å². The molecule has 39 heavy (non-hydrogen) atoms. The van der Waals surface area contributed by atoms with Crippen molar-refractivity contribution in [2.75, 3.05) is 6.61 Å². The molecule has 0 fully saturated rings. The van der Waals surface area contributed by atoms with Gasteiger partial charge in [0.1, 0.15) is 0 Å². The normalized spacial score (nSPS) is 12.3. The average molecular weight is 569 g/mol. The summed E-state index contributed by atoms with van der Waals surface area (Å²) in [5, 5.41) is 0. The Kier molecular flexibility index (Phi) is 19.7. The van der Waals surface area contributed by atoms with Crippen LogP contribution in [0.3, 0.4) is 0 Å². The smallest absolute Gasteiger partial charge is 0.340 e. The fourth-order valence-electron chi connectivity index (χ4n) is 4.60. The fraction of sp³-hybridized carbons (Fsp3) is 0.742. The lowest BCUT2D eigenvalue weighted by atomic mass is 10.0. The van der Waals surface area contributed by atoms with Gasteiger partial charge in [-0.25, -0.2) is 9.59 Å². The van der Waals surface area contributed by atoms with Gasteiger partial charge >= 0.3 is 22.1 Å². The van der Waals surface area contributed by atoms with E-state index in [1.807, 2.05) is 0 Å². The first-order valence-electron chi connectivity index (χ1n) is 15.2. The summed E-state index contributed by atoms with van der Waals surface area (Å²) in [7, 11) is -4.56. The molecule has 1 N–H and O–H groups in total. The molecule has 1 unspecified atom stereocenters. The zero-order chi connectivity index (χ0) is 28.8. The van der Waals surface area contributed by atoms with Crippen molar-refractivity contribution < 1.29 is 32.0 Å². The largest absolute Gasteiger partial charge is 0.462 e. The molecule has 0 heterocycles. The standard InChI is InChI=1S/C31H52O7S/c1-3-5-6-7-8-9-10-11-12-13-14-15-16-17-18-19-22-26-37-30(32)27-24-20-21-25-28(27)31(33)38-29(23-4-2)39(34,35)36/h20-21,24-25,29H,3-19,22-23,26H2,1-2H3,(H,34,35,36). The lowest BCUT2D eigenvalue weighted by Gasteiger charge is -2.15. The number of ether oxygens (including phenoxy) is 2. The number of hydrogen-bond donors (Lipinski definition) is 1. The molecule has 0 saturated carbocycles. The molecule has 7 nitrogen and oxygen atoms in total. The van der Waals surface area contributed by atoms with Gasteiger partial charge in [-0.15, -0.1) is 0 Å². The monoisotopic (exact) mass is 568 g/mol. The number of benzene rings is 1. The Hall–Kier alpha value is -1.93. The van der Waals surface area contributed by atoms with Gasteiger partial charge in [0.15, 0.2) is 0 Å². The number of esters is 2. The van der Waals surface area contributed by atoms with Crippen LogP contribution in [-0.4, -0.2) is 37.0 Å². The van der Waals surface area contributed by atoms with Crippen LogP contribution in [0.15, 0.2) is 24.3 Å². The molecule has 0 spiro atoms. The molecule has 0 aromatic heterocycles. The van der Waals surface area contributed by atoms with E-state index in [0.717, 1.165) is 19.3 Å². The summed E-state index contributed by atoms with van der Waals surface area (Å²) in [5.74, 6) is -1.64. The van der Waals surface area contributed by atoms with Crippen LogP contribution in [-0.2, 0) is 19.6 Å². The molecule has 1 rings (SSSR count). The van der Waals surface area contributed by atoms with E-state index in [1.54, 1.807) is 19.1 Å². The minimum atomic E-state index is -4.56. The quantitative estimate of drug-likeness (QED) is 0.0755. The van der Waals surface area contributed by atoms with Crippen molar-refractivity contribution in [2.45, 2.75) is 141 Å². The van der Waals surface area contributed by atoms with Crippen LogP contribution in [0.4, 0.5) is 0 Å². The Labute approximate surface area is 237 Å². The molecule has 0 amide bonds. The van der Waals surface area contributed by atoms with E-state index in [-0.39, 0.29) is 24.2 Å². The van der Waals surface area contributed by atoms with E-state index in [0.29, 0.717) is 6.42 Å². The minimum Gasteiger partial charge on any atom is -0.462 e. The summed E-state index contributed by atoms with van der Waals surface area (Å²) in [6.45, 7) is 4.22. The number of carbonyl (C=O) groups is 2. The molecular formula is C31H52O7S. The summed E-state index contributed by atoms with van der Waals surface area (Å²) in [6, 6.07) is 5.96. The van der Waals surface area contributed by atoms with Crippen molar-refractivity contribution in [1.29, 1.82) is 0 Å². The van der Waals surface area contributed by atoms with Crippen LogP contribution >= 0.6 is 0 Å². The second-order valence-corrected chi connectivity index (χ2v) is 12.0. The maximum Gasteiger partial charge on any atom is 0.340 e. The van der Waals surface area contributed by atoms with E-state index in [2.05, 4.69) is 6.92 Å². The third kappa shape index (κ3) is 16.7. The summed E-state index contributed by atoms with van der Waals surface area (Å²) < 4.78 is 42.6. The molecule has 1 atom stereocenters. The van der Waals surface area contributed by atoms with Crippen molar-refractivity contribution in [3.8, 4) is 0 Å². The number of carbonyl (C=O) groups excluding carboxylic acids is 2. The van der Waals surface area contributed by atoms with Gasteiger partial charge in [0.25, 0.3) is 0 Å². The van der Waals surface area contributed by atoms with Gasteiger partial charge in [0, 0.05) is 6.42 Å². The highest BCUT2D eigenvalue weighted by atomic mass is 32.2. The Morgan fingerprint density at radius 3 is 1.49 bits per heavy atom. The highest BCUT2D eigenvalue weighted by Crippen LogP contribution is 2.18. The summed E-state index contributed by atoms with van der Waals surface area (Å²) in [4.78, 5) is 25.1. The first kappa shape index (κ1) is 35.1. The van der Waals surface area contributed by atoms with Gasteiger partial charge in [-0.3, -0.25) is 4.55 Å². The molecule has 8 heteroatoms. The first-order valence-corrected chi connectivity index (χ1v) is 16.7. The highest BCUT2D eigenvalue weighted by Gasteiger charge is 2.28. The molecule has 0 saturated heterocycles. The second-order valence-electron chi connectivity index (χ2n) is 10.5. The zero-order valence-corrected chi connectivity index (χ0v) is 25.2. The van der Waals surface area contributed by atoms with Crippen molar-refractivity contribution >= 4 is 22.1 Å². The van der Waals surface area contributed by atoms with Gasteiger partial charge in [-0.05, 0) is 18.6 Å². The molecule has 224 valence electrons. The van der Waals surface area contributed by atoms with E-state index in [1.165, 1.54) is 102 Å². The Bertz CT molecular complexity index is 898. The maximum absolute atomic E-state index is 12.6. The van der Waals surface area contributed by atoms with Crippen molar-refractivity contribution in [3.05, 3.63) is 35.4 Å².